The van der Waals surface area contributed by atoms with Gasteiger partial charge in [0.15, 0.2) is 0 Å². The standard InChI is InChI=1S/C22H24FN3O/c1-5-26-20(22(27)24-13-17-7-6-8-18(23)11-17)12-19(25-26)21-15(3)9-14(2)10-16(21)4/h6-12H,5,13H2,1-4H3,(H,24,27). The highest BCUT2D eigenvalue weighted by molar-refractivity contribution is 5.94. The third-order valence-corrected chi connectivity index (χ3v) is 4.59. The van der Waals surface area contributed by atoms with Crippen LogP contribution in [0.4, 0.5) is 4.39 Å². The van der Waals surface area contributed by atoms with Gasteiger partial charge in [-0.25, -0.2) is 4.39 Å². The molecular weight excluding hydrogens is 341 g/mol. The van der Waals surface area contributed by atoms with E-state index in [0.29, 0.717) is 12.2 Å². The highest BCUT2D eigenvalue weighted by Crippen LogP contribution is 2.28. The number of nitrogens with zero attached hydrogens (tertiary/aromatic N) is 2. The summed E-state index contributed by atoms with van der Waals surface area (Å²) in [6.07, 6.45) is 0. The van der Waals surface area contributed by atoms with Gasteiger partial charge in [-0.1, -0.05) is 29.8 Å². The first-order valence-corrected chi connectivity index (χ1v) is 9.07. The Kier molecular flexibility index (Phi) is 5.40. The van der Waals surface area contributed by atoms with E-state index < -0.39 is 0 Å². The molecule has 0 unspecified atom stereocenters. The average Bonchev–Trinajstić information content (AvgIpc) is 3.03. The van der Waals surface area contributed by atoms with Crippen LogP contribution in [-0.2, 0) is 13.1 Å². The molecule has 0 radical (unpaired) electrons. The predicted molar refractivity (Wildman–Crippen MR) is 105 cm³/mol. The number of amides is 1. The van der Waals surface area contributed by atoms with Crippen molar-refractivity contribution in [3.63, 3.8) is 0 Å². The summed E-state index contributed by atoms with van der Waals surface area (Å²) in [4.78, 5) is 12.7. The molecule has 0 atom stereocenters. The van der Waals surface area contributed by atoms with Gasteiger partial charge in [0.05, 0.1) is 5.69 Å². The van der Waals surface area contributed by atoms with Crippen LogP contribution in [0.25, 0.3) is 11.3 Å². The van der Waals surface area contributed by atoms with Crippen molar-refractivity contribution >= 4 is 5.91 Å². The number of hydrogen-bond acceptors (Lipinski definition) is 2. The van der Waals surface area contributed by atoms with E-state index in [1.165, 1.54) is 17.7 Å². The lowest BCUT2D eigenvalue weighted by molar-refractivity contribution is 0.0940. The topological polar surface area (TPSA) is 46.9 Å². The van der Waals surface area contributed by atoms with E-state index in [1.54, 1.807) is 16.8 Å². The molecule has 0 saturated carbocycles. The molecule has 1 aromatic heterocycles. The van der Waals surface area contributed by atoms with Gasteiger partial charge >= 0.3 is 0 Å². The monoisotopic (exact) mass is 365 g/mol. The molecule has 1 heterocycles. The van der Waals surface area contributed by atoms with Crippen molar-refractivity contribution in [2.24, 2.45) is 0 Å². The number of aromatic nitrogens is 2. The molecule has 4 nitrogen and oxygen atoms in total. The van der Waals surface area contributed by atoms with E-state index in [-0.39, 0.29) is 18.3 Å². The number of carbonyl (C=O) groups excluding carboxylic acids is 1. The van der Waals surface area contributed by atoms with Crippen LogP contribution >= 0.6 is 0 Å². The zero-order chi connectivity index (χ0) is 19.6. The molecule has 1 N–H and O–H groups in total. The van der Waals surface area contributed by atoms with Gasteiger partial charge in [-0.3, -0.25) is 9.48 Å². The molecule has 5 heteroatoms. The number of aryl methyl sites for hydroxylation is 4. The van der Waals surface area contributed by atoms with E-state index in [1.807, 2.05) is 13.0 Å². The van der Waals surface area contributed by atoms with Gasteiger partial charge < -0.3 is 5.32 Å². The minimum absolute atomic E-state index is 0.220. The summed E-state index contributed by atoms with van der Waals surface area (Å²) < 4.78 is 15.0. The molecule has 0 bridgehead atoms. The Hall–Kier alpha value is -2.95. The fraction of sp³-hybridized carbons (Fsp3) is 0.273. The van der Waals surface area contributed by atoms with Crippen LogP contribution in [0.3, 0.4) is 0 Å². The largest absolute Gasteiger partial charge is 0.347 e. The van der Waals surface area contributed by atoms with Gasteiger partial charge in [-0.2, -0.15) is 5.10 Å². The van der Waals surface area contributed by atoms with Crippen LogP contribution in [0.5, 0.6) is 0 Å². The highest BCUT2D eigenvalue weighted by atomic mass is 19.1. The number of carbonyl (C=O) groups is 1. The summed E-state index contributed by atoms with van der Waals surface area (Å²) in [6, 6.07) is 12.3. The van der Waals surface area contributed by atoms with Gasteiger partial charge in [0.1, 0.15) is 11.5 Å². The molecule has 0 aliphatic rings. The van der Waals surface area contributed by atoms with Crippen molar-refractivity contribution < 1.29 is 9.18 Å². The molecule has 140 valence electrons. The Balaban J connectivity index is 1.87. The average molecular weight is 365 g/mol. The second-order valence-electron chi connectivity index (χ2n) is 6.82. The van der Waals surface area contributed by atoms with E-state index in [9.17, 15) is 9.18 Å². The van der Waals surface area contributed by atoms with Crippen molar-refractivity contribution in [2.75, 3.05) is 0 Å². The molecular formula is C22H24FN3O. The molecule has 27 heavy (non-hydrogen) atoms. The van der Waals surface area contributed by atoms with Crippen molar-refractivity contribution in [3.8, 4) is 11.3 Å². The van der Waals surface area contributed by atoms with Crippen molar-refractivity contribution in [1.82, 2.24) is 15.1 Å². The van der Waals surface area contributed by atoms with E-state index >= 15 is 0 Å². The first kappa shape index (κ1) is 18.8. The molecule has 3 rings (SSSR count). The summed E-state index contributed by atoms with van der Waals surface area (Å²) >= 11 is 0. The number of nitrogens with one attached hydrogen (secondary N) is 1. The fourth-order valence-electron chi connectivity index (χ4n) is 3.47. The summed E-state index contributed by atoms with van der Waals surface area (Å²) in [6.45, 7) is 9.00. The quantitative estimate of drug-likeness (QED) is 0.720. The van der Waals surface area contributed by atoms with Gasteiger partial charge in [0.2, 0.25) is 0 Å². The van der Waals surface area contributed by atoms with Crippen LogP contribution in [-0.4, -0.2) is 15.7 Å². The molecule has 0 fully saturated rings. The zero-order valence-corrected chi connectivity index (χ0v) is 16.1. The number of benzene rings is 2. The summed E-state index contributed by atoms with van der Waals surface area (Å²) in [5.74, 6) is -0.532. The second kappa shape index (κ2) is 7.74. The third-order valence-electron chi connectivity index (χ3n) is 4.59. The van der Waals surface area contributed by atoms with Crippen LogP contribution < -0.4 is 5.32 Å². The molecule has 1 amide bonds. The lowest BCUT2D eigenvalue weighted by atomic mass is 9.97. The smallest absolute Gasteiger partial charge is 0.269 e. The van der Waals surface area contributed by atoms with Crippen LogP contribution in [0, 0.1) is 26.6 Å². The molecule has 2 aromatic carbocycles. The van der Waals surface area contributed by atoms with Crippen molar-refractivity contribution in [1.29, 1.82) is 0 Å². The number of rotatable bonds is 5. The summed E-state index contributed by atoms with van der Waals surface area (Å²) in [5.41, 5.74) is 6.56. The maximum absolute atomic E-state index is 13.3. The van der Waals surface area contributed by atoms with Crippen molar-refractivity contribution in [2.45, 2.75) is 40.8 Å². The summed E-state index contributed by atoms with van der Waals surface area (Å²) in [5, 5.41) is 7.49. The molecule has 0 aliphatic heterocycles. The Labute approximate surface area is 159 Å². The van der Waals surface area contributed by atoms with E-state index in [4.69, 9.17) is 0 Å². The zero-order valence-electron chi connectivity index (χ0n) is 16.1. The number of hydrogen-bond donors (Lipinski definition) is 1. The van der Waals surface area contributed by atoms with Gasteiger partial charge in [-0.05, 0) is 62.6 Å². The highest BCUT2D eigenvalue weighted by Gasteiger charge is 2.17. The Morgan fingerprint density at radius 2 is 1.81 bits per heavy atom. The van der Waals surface area contributed by atoms with Crippen LogP contribution in [0.1, 0.15) is 39.7 Å². The first-order chi connectivity index (χ1) is 12.9. The number of halogens is 1. The van der Waals surface area contributed by atoms with Gasteiger partial charge in [0.25, 0.3) is 5.91 Å². The minimum Gasteiger partial charge on any atom is -0.347 e. The van der Waals surface area contributed by atoms with Crippen LogP contribution in [0.2, 0.25) is 0 Å². The third kappa shape index (κ3) is 4.08. The SMILES string of the molecule is CCn1nc(-c2c(C)cc(C)cc2C)cc1C(=O)NCc1cccc(F)c1. The molecule has 0 aliphatic carbocycles. The van der Waals surface area contributed by atoms with Crippen molar-refractivity contribution in [3.05, 3.63) is 76.2 Å². The predicted octanol–water partition coefficient (Wildman–Crippen LogP) is 4.56. The Bertz CT molecular complexity index is 968. The Morgan fingerprint density at radius 1 is 1.11 bits per heavy atom. The van der Waals surface area contributed by atoms with Crippen LogP contribution in [0.15, 0.2) is 42.5 Å². The normalized spacial score (nSPS) is 10.9. The molecule has 3 aromatic rings. The second-order valence-corrected chi connectivity index (χ2v) is 6.82. The molecule has 0 spiro atoms. The fourth-order valence-corrected chi connectivity index (χ4v) is 3.47. The Morgan fingerprint density at radius 3 is 2.44 bits per heavy atom. The lowest BCUT2D eigenvalue weighted by Crippen LogP contribution is -2.25. The lowest BCUT2D eigenvalue weighted by Gasteiger charge is -2.08. The van der Waals surface area contributed by atoms with Gasteiger partial charge in [-0.15, -0.1) is 0 Å². The van der Waals surface area contributed by atoms with Gasteiger partial charge in [0, 0.05) is 18.7 Å². The maximum atomic E-state index is 13.3. The minimum atomic E-state index is -0.312. The van der Waals surface area contributed by atoms with E-state index in [0.717, 1.165) is 27.9 Å². The summed E-state index contributed by atoms with van der Waals surface area (Å²) in [7, 11) is 0. The van der Waals surface area contributed by atoms with E-state index in [2.05, 4.69) is 43.3 Å². The first-order valence-electron chi connectivity index (χ1n) is 9.07. The maximum Gasteiger partial charge on any atom is 0.269 e. The molecule has 0 saturated heterocycles.